The molecule has 0 atom stereocenters. The summed E-state index contributed by atoms with van der Waals surface area (Å²) in [5, 5.41) is 0. The first-order valence-electron chi connectivity index (χ1n) is 4.57. The minimum Gasteiger partial charge on any atom is -0.326 e. The molecule has 0 saturated heterocycles. The average molecular weight is 163 g/mol. The largest absolute Gasteiger partial charge is 0.326 e. The van der Waals surface area contributed by atoms with E-state index in [0.29, 0.717) is 6.54 Å². The fourth-order valence-electron chi connectivity index (χ4n) is 1.56. The standard InChI is InChI=1S/C11H17N/c1-3-5-10-7-4-6-9(2)11(10)8-12/h4,6-7H,3,5,8,12H2,1-2H3. The SMILES string of the molecule is CCCc1cccc(C)c1CN. The van der Waals surface area contributed by atoms with E-state index in [0.717, 1.165) is 6.42 Å². The van der Waals surface area contributed by atoms with Crippen LogP contribution in [0.2, 0.25) is 0 Å². The van der Waals surface area contributed by atoms with Crippen LogP contribution in [0.5, 0.6) is 0 Å². The number of rotatable bonds is 3. The second-order valence-corrected chi connectivity index (χ2v) is 3.17. The van der Waals surface area contributed by atoms with Gasteiger partial charge in [-0.1, -0.05) is 31.5 Å². The van der Waals surface area contributed by atoms with Gasteiger partial charge in [0.05, 0.1) is 0 Å². The van der Waals surface area contributed by atoms with Crippen molar-refractivity contribution >= 4 is 0 Å². The van der Waals surface area contributed by atoms with E-state index in [2.05, 4.69) is 32.0 Å². The van der Waals surface area contributed by atoms with Crippen LogP contribution in [-0.4, -0.2) is 0 Å². The predicted octanol–water partition coefficient (Wildman–Crippen LogP) is 2.41. The van der Waals surface area contributed by atoms with Crippen molar-refractivity contribution in [2.75, 3.05) is 0 Å². The number of benzene rings is 1. The molecule has 1 aromatic carbocycles. The molecular weight excluding hydrogens is 146 g/mol. The van der Waals surface area contributed by atoms with Crippen LogP contribution in [-0.2, 0) is 13.0 Å². The highest BCUT2D eigenvalue weighted by Gasteiger charge is 2.01. The number of hydrogen-bond acceptors (Lipinski definition) is 1. The van der Waals surface area contributed by atoms with E-state index in [1.807, 2.05) is 0 Å². The fourth-order valence-corrected chi connectivity index (χ4v) is 1.56. The molecular formula is C11H17N. The number of aryl methyl sites for hydroxylation is 2. The second-order valence-electron chi connectivity index (χ2n) is 3.17. The molecule has 2 N–H and O–H groups in total. The summed E-state index contributed by atoms with van der Waals surface area (Å²) >= 11 is 0. The van der Waals surface area contributed by atoms with Gasteiger partial charge in [0, 0.05) is 6.54 Å². The lowest BCUT2D eigenvalue weighted by atomic mass is 9.99. The van der Waals surface area contributed by atoms with Gasteiger partial charge in [-0.2, -0.15) is 0 Å². The summed E-state index contributed by atoms with van der Waals surface area (Å²) in [4.78, 5) is 0. The van der Waals surface area contributed by atoms with E-state index in [1.165, 1.54) is 23.1 Å². The monoisotopic (exact) mass is 163 g/mol. The molecule has 0 spiro atoms. The van der Waals surface area contributed by atoms with Gasteiger partial charge < -0.3 is 5.73 Å². The Kier molecular flexibility index (Phi) is 3.30. The lowest BCUT2D eigenvalue weighted by Crippen LogP contribution is -2.03. The van der Waals surface area contributed by atoms with Crippen LogP contribution in [0.15, 0.2) is 18.2 Å². The summed E-state index contributed by atoms with van der Waals surface area (Å²) in [6.45, 7) is 4.99. The van der Waals surface area contributed by atoms with Crippen LogP contribution in [0.25, 0.3) is 0 Å². The zero-order valence-corrected chi connectivity index (χ0v) is 7.93. The Morgan fingerprint density at radius 2 is 2.08 bits per heavy atom. The molecule has 0 bridgehead atoms. The van der Waals surface area contributed by atoms with Crippen LogP contribution in [0.3, 0.4) is 0 Å². The van der Waals surface area contributed by atoms with E-state index in [4.69, 9.17) is 5.73 Å². The molecule has 1 aromatic rings. The Balaban J connectivity index is 3.00. The Bertz CT molecular complexity index is 253. The highest BCUT2D eigenvalue weighted by Crippen LogP contribution is 2.14. The maximum absolute atomic E-state index is 5.68. The Morgan fingerprint density at radius 1 is 1.33 bits per heavy atom. The van der Waals surface area contributed by atoms with Crippen molar-refractivity contribution in [1.29, 1.82) is 0 Å². The molecule has 0 aliphatic carbocycles. The molecule has 1 heteroatoms. The Labute approximate surface area is 74.6 Å². The predicted molar refractivity (Wildman–Crippen MR) is 53.1 cm³/mol. The summed E-state index contributed by atoms with van der Waals surface area (Å²) < 4.78 is 0. The van der Waals surface area contributed by atoms with Gasteiger partial charge in [-0.05, 0) is 30.0 Å². The van der Waals surface area contributed by atoms with E-state index in [1.54, 1.807) is 0 Å². The molecule has 0 fully saturated rings. The lowest BCUT2D eigenvalue weighted by Gasteiger charge is -2.09. The third kappa shape index (κ3) is 1.86. The normalized spacial score (nSPS) is 10.2. The molecule has 1 rings (SSSR count). The van der Waals surface area contributed by atoms with Crippen LogP contribution in [0.4, 0.5) is 0 Å². The molecule has 66 valence electrons. The first-order valence-corrected chi connectivity index (χ1v) is 4.57. The smallest absolute Gasteiger partial charge is 0.0183 e. The van der Waals surface area contributed by atoms with Crippen LogP contribution < -0.4 is 5.73 Å². The fraction of sp³-hybridized carbons (Fsp3) is 0.455. The zero-order valence-electron chi connectivity index (χ0n) is 7.93. The van der Waals surface area contributed by atoms with E-state index >= 15 is 0 Å². The molecule has 0 radical (unpaired) electrons. The van der Waals surface area contributed by atoms with Gasteiger partial charge in [-0.25, -0.2) is 0 Å². The third-order valence-electron chi connectivity index (χ3n) is 2.23. The lowest BCUT2D eigenvalue weighted by molar-refractivity contribution is 0.887. The van der Waals surface area contributed by atoms with Crippen molar-refractivity contribution in [3.8, 4) is 0 Å². The van der Waals surface area contributed by atoms with Crippen LogP contribution in [0.1, 0.15) is 30.0 Å². The molecule has 0 heterocycles. The summed E-state index contributed by atoms with van der Waals surface area (Å²) in [7, 11) is 0. The van der Waals surface area contributed by atoms with Crippen molar-refractivity contribution in [3.05, 3.63) is 34.9 Å². The van der Waals surface area contributed by atoms with Crippen molar-refractivity contribution in [2.45, 2.75) is 33.2 Å². The molecule has 0 aromatic heterocycles. The molecule has 0 amide bonds. The molecule has 0 aliphatic rings. The molecule has 0 unspecified atom stereocenters. The molecule has 1 nitrogen and oxygen atoms in total. The van der Waals surface area contributed by atoms with Crippen molar-refractivity contribution < 1.29 is 0 Å². The van der Waals surface area contributed by atoms with Gasteiger partial charge >= 0.3 is 0 Å². The van der Waals surface area contributed by atoms with Gasteiger partial charge in [-0.3, -0.25) is 0 Å². The summed E-state index contributed by atoms with van der Waals surface area (Å²) in [6.07, 6.45) is 2.34. The summed E-state index contributed by atoms with van der Waals surface area (Å²) in [5.41, 5.74) is 9.75. The average Bonchev–Trinajstić information content (AvgIpc) is 2.05. The minimum absolute atomic E-state index is 0.669. The highest BCUT2D eigenvalue weighted by molar-refractivity contribution is 5.34. The van der Waals surface area contributed by atoms with Crippen molar-refractivity contribution in [2.24, 2.45) is 5.73 Å². The topological polar surface area (TPSA) is 26.0 Å². The van der Waals surface area contributed by atoms with Crippen LogP contribution in [0, 0.1) is 6.92 Å². The maximum Gasteiger partial charge on any atom is 0.0183 e. The Morgan fingerprint density at radius 3 is 2.67 bits per heavy atom. The zero-order chi connectivity index (χ0) is 8.97. The maximum atomic E-state index is 5.68. The summed E-state index contributed by atoms with van der Waals surface area (Å²) in [6, 6.07) is 6.42. The third-order valence-corrected chi connectivity index (χ3v) is 2.23. The van der Waals surface area contributed by atoms with Gasteiger partial charge in [0.1, 0.15) is 0 Å². The van der Waals surface area contributed by atoms with E-state index in [9.17, 15) is 0 Å². The van der Waals surface area contributed by atoms with Gasteiger partial charge in [0.2, 0.25) is 0 Å². The number of hydrogen-bond donors (Lipinski definition) is 1. The van der Waals surface area contributed by atoms with Gasteiger partial charge in [-0.15, -0.1) is 0 Å². The first kappa shape index (κ1) is 9.27. The minimum atomic E-state index is 0.669. The van der Waals surface area contributed by atoms with E-state index in [-0.39, 0.29) is 0 Å². The van der Waals surface area contributed by atoms with Crippen molar-refractivity contribution in [3.63, 3.8) is 0 Å². The first-order chi connectivity index (χ1) is 5.79. The van der Waals surface area contributed by atoms with Crippen LogP contribution >= 0.6 is 0 Å². The van der Waals surface area contributed by atoms with Gasteiger partial charge in [0.25, 0.3) is 0 Å². The number of nitrogens with two attached hydrogens (primary N) is 1. The summed E-state index contributed by atoms with van der Waals surface area (Å²) in [5.74, 6) is 0. The molecule has 0 saturated carbocycles. The molecule has 0 aliphatic heterocycles. The second kappa shape index (κ2) is 4.27. The van der Waals surface area contributed by atoms with E-state index < -0.39 is 0 Å². The quantitative estimate of drug-likeness (QED) is 0.727. The highest BCUT2D eigenvalue weighted by atomic mass is 14.5. The van der Waals surface area contributed by atoms with Crippen molar-refractivity contribution in [1.82, 2.24) is 0 Å². The van der Waals surface area contributed by atoms with Gasteiger partial charge in [0.15, 0.2) is 0 Å². The molecule has 12 heavy (non-hydrogen) atoms. The Hall–Kier alpha value is -0.820.